The first-order valence-corrected chi connectivity index (χ1v) is 7.44. The van der Waals surface area contributed by atoms with E-state index in [0.717, 1.165) is 46.8 Å². The molecule has 16 heavy (non-hydrogen) atoms. The van der Waals surface area contributed by atoms with Crippen LogP contribution in [0.5, 0.6) is 0 Å². The van der Waals surface area contributed by atoms with Crippen LogP contribution in [0.2, 0.25) is 0 Å². The van der Waals surface area contributed by atoms with E-state index >= 15 is 0 Å². The largest absolute Gasteiger partial charge is 0.0816 e. The summed E-state index contributed by atoms with van der Waals surface area (Å²) in [6.07, 6.45) is 8.93. The molecule has 0 heterocycles. The van der Waals surface area contributed by atoms with E-state index in [1.807, 2.05) is 5.57 Å². The number of allylic oxidation sites excluding steroid dienone is 2. The Labute approximate surface area is 98.5 Å². The summed E-state index contributed by atoms with van der Waals surface area (Å²) in [4.78, 5) is 0. The molecule has 5 aliphatic carbocycles. The standard InChI is InChI=1S/C16H22/c1-8-9(2)13-7-12(8)15-11-5-10-3-4-16(13,15)14(10)6-11/h5,8-9,11-15H,3-4,6-7H2,1-2H3. The van der Waals surface area contributed by atoms with Crippen LogP contribution < -0.4 is 0 Å². The van der Waals surface area contributed by atoms with Gasteiger partial charge in [0.05, 0.1) is 0 Å². The first kappa shape index (κ1) is 8.78. The lowest BCUT2D eigenvalue weighted by Gasteiger charge is -2.47. The van der Waals surface area contributed by atoms with Crippen LogP contribution in [0.25, 0.3) is 0 Å². The van der Waals surface area contributed by atoms with Gasteiger partial charge in [-0.2, -0.15) is 0 Å². The van der Waals surface area contributed by atoms with Gasteiger partial charge >= 0.3 is 0 Å². The molecule has 0 aromatic rings. The molecule has 4 fully saturated rings. The van der Waals surface area contributed by atoms with Crippen molar-refractivity contribution < 1.29 is 0 Å². The van der Waals surface area contributed by atoms with Crippen molar-refractivity contribution in [2.45, 2.75) is 39.5 Å². The molecule has 0 aromatic carbocycles. The number of fused-ring (bicyclic) bond motifs is 5. The minimum atomic E-state index is 0.839. The maximum atomic E-state index is 2.72. The number of hydrogen-bond acceptors (Lipinski definition) is 0. The summed E-state index contributed by atoms with van der Waals surface area (Å²) in [5.74, 6) is 7.47. The van der Waals surface area contributed by atoms with Gasteiger partial charge in [-0.1, -0.05) is 25.5 Å². The van der Waals surface area contributed by atoms with Crippen molar-refractivity contribution in [2.24, 2.45) is 46.8 Å². The predicted molar refractivity (Wildman–Crippen MR) is 64.8 cm³/mol. The molecular formula is C16H22. The highest BCUT2D eigenvalue weighted by molar-refractivity contribution is 5.36. The van der Waals surface area contributed by atoms with Crippen LogP contribution in [-0.4, -0.2) is 0 Å². The molecule has 0 saturated heterocycles. The van der Waals surface area contributed by atoms with Crippen molar-refractivity contribution in [3.8, 4) is 0 Å². The van der Waals surface area contributed by atoms with Crippen molar-refractivity contribution in [2.75, 3.05) is 0 Å². The lowest BCUT2D eigenvalue weighted by molar-refractivity contribution is 0.0130. The van der Waals surface area contributed by atoms with E-state index in [1.54, 1.807) is 19.3 Å². The SMILES string of the molecule is CC1C(C)C2CC1C1C3C=C4CCC21C4C3. The Morgan fingerprint density at radius 3 is 2.94 bits per heavy atom. The fourth-order valence-corrected chi connectivity index (χ4v) is 7.36. The smallest absolute Gasteiger partial charge is 0.0135 e. The monoisotopic (exact) mass is 214 g/mol. The van der Waals surface area contributed by atoms with Crippen LogP contribution in [0.3, 0.4) is 0 Å². The Kier molecular flexibility index (Phi) is 1.26. The van der Waals surface area contributed by atoms with E-state index in [-0.39, 0.29) is 0 Å². The van der Waals surface area contributed by atoms with Gasteiger partial charge in [0.2, 0.25) is 0 Å². The number of hydrogen-bond donors (Lipinski definition) is 0. The van der Waals surface area contributed by atoms with Gasteiger partial charge in [-0.3, -0.25) is 0 Å². The highest BCUT2D eigenvalue weighted by Gasteiger charge is 2.73. The Morgan fingerprint density at radius 2 is 2.06 bits per heavy atom. The van der Waals surface area contributed by atoms with Crippen molar-refractivity contribution in [3.63, 3.8) is 0 Å². The summed E-state index contributed by atoms with van der Waals surface area (Å²) in [6.45, 7) is 5.11. The van der Waals surface area contributed by atoms with Crippen molar-refractivity contribution in [1.82, 2.24) is 0 Å². The normalized spacial score (nSPS) is 68.9. The average molecular weight is 214 g/mol. The molecule has 1 spiro atoms. The molecule has 0 N–H and O–H groups in total. The fraction of sp³-hybridized carbons (Fsp3) is 0.875. The van der Waals surface area contributed by atoms with Gasteiger partial charge in [0.25, 0.3) is 0 Å². The molecule has 0 amide bonds. The summed E-state index contributed by atoms with van der Waals surface area (Å²) < 4.78 is 0. The summed E-state index contributed by atoms with van der Waals surface area (Å²) in [7, 11) is 0. The fourth-order valence-electron chi connectivity index (χ4n) is 7.36. The minimum Gasteiger partial charge on any atom is -0.0816 e. The summed E-state index contributed by atoms with van der Waals surface area (Å²) in [5.41, 5.74) is 2.74. The quantitative estimate of drug-likeness (QED) is 0.537. The summed E-state index contributed by atoms with van der Waals surface area (Å²) >= 11 is 0. The van der Waals surface area contributed by atoms with Gasteiger partial charge in [0.1, 0.15) is 0 Å². The lowest BCUT2D eigenvalue weighted by atomic mass is 9.57. The van der Waals surface area contributed by atoms with Gasteiger partial charge in [-0.15, -0.1) is 0 Å². The molecule has 8 unspecified atom stereocenters. The maximum Gasteiger partial charge on any atom is -0.0135 e. The summed E-state index contributed by atoms with van der Waals surface area (Å²) in [5, 5.41) is 0. The zero-order valence-corrected chi connectivity index (χ0v) is 10.4. The molecule has 5 aliphatic rings. The van der Waals surface area contributed by atoms with Crippen molar-refractivity contribution in [1.29, 1.82) is 0 Å². The minimum absolute atomic E-state index is 0.839. The third-order valence-electron chi connectivity index (χ3n) is 7.78. The van der Waals surface area contributed by atoms with E-state index < -0.39 is 0 Å². The van der Waals surface area contributed by atoms with E-state index in [1.165, 1.54) is 6.42 Å². The van der Waals surface area contributed by atoms with Crippen LogP contribution in [0.15, 0.2) is 11.6 Å². The highest BCUT2D eigenvalue weighted by atomic mass is 14.8. The number of rotatable bonds is 0. The van der Waals surface area contributed by atoms with Crippen LogP contribution in [-0.2, 0) is 0 Å². The van der Waals surface area contributed by atoms with Gasteiger partial charge in [0, 0.05) is 0 Å². The predicted octanol–water partition coefficient (Wildman–Crippen LogP) is 3.88. The zero-order valence-electron chi connectivity index (χ0n) is 10.4. The molecule has 4 bridgehead atoms. The van der Waals surface area contributed by atoms with Crippen LogP contribution in [0.4, 0.5) is 0 Å². The maximum absolute atomic E-state index is 2.72. The molecule has 4 saturated carbocycles. The summed E-state index contributed by atoms with van der Waals surface area (Å²) in [6, 6.07) is 0. The molecular weight excluding hydrogens is 192 g/mol. The first-order valence-electron chi connectivity index (χ1n) is 7.44. The second-order valence-electron chi connectivity index (χ2n) is 7.56. The topological polar surface area (TPSA) is 0 Å². The second-order valence-corrected chi connectivity index (χ2v) is 7.56. The molecule has 0 aliphatic heterocycles. The van der Waals surface area contributed by atoms with Gasteiger partial charge in [0.15, 0.2) is 0 Å². The second kappa shape index (κ2) is 2.31. The van der Waals surface area contributed by atoms with E-state index in [0.29, 0.717) is 0 Å². The lowest BCUT2D eigenvalue weighted by Crippen LogP contribution is -2.43. The van der Waals surface area contributed by atoms with Crippen LogP contribution >= 0.6 is 0 Å². The third kappa shape index (κ3) is 0.625. The van der Waals surface area contributed by atoms with Crippen molar-refractivity contribution >= 4 is 0 Å². The molecule has 0 heteroatoms. The van der Waals surface area contributed by atoms with Gasteiger partial charge in [-0.25, -0.2) is 0 Å². The zero-order chi connectivity index (χ0) is 10.7. The molecule has 86 valence electrons. The Hall–Kier alpha value is -0.260. The van der Waals surface area contributed by atoms with Gasteiger partial charge in [-0.05, 0) is 72.5 Å². The third-order valence-corrected chi connectivity index (χ3v) is 7.78. The van der Waals surface area contributed by atoms with Crippen LogP contribution in [0, 0.1) is 46.8 Å². The molecule has 5 rings (SSSR count). The molecule has 0 nitrogen and oxygen atoms in total. The van der Waals surface area contributed by atoms with E-state index in [4.69, 9.17) is 0 Å². The Bertz CT molecular complexity index is 406. The molecule has 0 aromatic heterocycles. The van der Waals surface area contributed by atoms with E-state index in [2.05, 4.69) is 19.9 Å². The molecule has 0 radical (unpaired) electrons. The Balaban J connectivity index is 1.73. The molecule has 8 atom stereocenters. The highest BCUT2D eigenvalue weighted by Crippen LogP contribution is 2.80. The van der Waals surface area contributed by atoms with Gasteiger partial charge < -0.3 is 0 Å². The van der Waals surface area contributed by atoms with E-state index in [9.17, 15) is 0 Å². The Morgan fingerprint density at radius 1 is 1.19 bits per heavy atom. The van der Waals surface area contributed by atoms with Crippen LogP contribution in [0.1, 0.15) is 39.5 Å². The average Bonchev–Trinajstić information content (AvgIpc) is 2.96. The van der Waals surface area contributed by atoms with Crippen molar-refractivity contribution in [3.05, 3.63) is 11.6 Å². The first-order chi connectivity index (χ1) is 7.73.